The van der Waals surface area contributed by atoms with Crippen molar-refractivity contribution >= 4 is 17.0 Å². The second kappa shape index (κ2) is 7.45. The molecule has 30 heavy (non-hydrogen) atoms. The lowest BCUT2D eigenvalue weighted by Gasteiger charge is -2.24. The summed E-state index contributed by atoms with van der Waals surface area (Å²) >= 11 is 0. The summed E-state index contributed by atoms with van der Waals surface area (Å²) in [5.74, 6) is -0.481. The summed E-state index contributed by atoms with van der Waals surface area (Å²) in [5, 5.41) is 9.16. The molecule has 1 aliphatic carbocycles. The van der Waals surface area contributed by atoms with Gasteiger partial charge in [0.2, 0.25) is 0 Å². The van der Waals surface area contributed by atoms with E-state index in [1.54, 1.807) is 23.0 Å². The summed E-state index contributed by atoms with van der Waals surface area (Å²) in [6.07, 6.45) is 7.87. The maximum atomic E-state index is 9.16. The van der Waals surface area contributed by atoms with Gasteiger partial charge in [-0.2, -0.15) is 9.97 Å². The van der Waals surface area contributed by atoms with Gasteiger partial charge in [0, 0.05) is 0 Å². The molecule has 2 saturated heterocycles. The van der Waals surface area contributed by atoms with Gasteiger partial charge in [-0.25, -0.2) is 4.98 Å². The molecule has 2 aromatic rings. The van der Waals surface area contributed by atoms with E-state index in [1.807, 2.05) is 13.8 Å². The van der Waals surface area contributed by atoms with Crippen molar-refractivity contribution in [2.75, 3.05) is 12.3 Å². The van der Waals surface area contributed by atoms with Crippen molar-refractivity contribution in [3.05, 3.63) is 18.5 Å². The predicted octanol–water partition coefficient (Wildman–Crippen LogP) is 1.70. The van der Waals surface area contributed by atoms with Gasteiger partial charge in [-0.15, -0.1) is 0 Å². The van der Waals surface area contributed by atoms with Gasteiger partial charge in [-0.3, -0.25) is 4.57 Å². The van der Waals surface area contributed by atoms with Crippen LogP contribution >= 0.6 is 0 Å². The zero-order valence-electron chi connectivity index (χ0n) is 17.1. The molecule has 10 heteroatoms. The van der Waals surface area contributed by atoms with Gasteiger partial charge < -0.3 is 29.8 Å². The number of hydrogen-bond acceptors (Lipinski definition) is 9. The molecule has 2 aliphatic heterocycles. The first kappa shape index (κ1) is 19.7. The molecule has 10 nitrogen and oxygen atoms in total. The van der Waals surface area contributed by atoms with Crippen molar-refractivity contribution in [1.29, 1.82) is 0 Å². The third-order valence-electron chi connectivity index (χ3n) is 5.77. The second-order valence-electron chi connectivity index (χ2n) is 8.41. The summed E-state index contributed by atoms with van der Waals surface area (Å²) in [7, 11) is 0. The first-order valence-electron chi connectivity index (χ1n) is 10.4. The Labute approximate surface area is 174 Å². The molecule has 3 fully saturated rings. The molecule has 0 aromatic carbocycles. The number of anilines is 1. The van der Waals surface area contributed by atoms with Crippen LogP contribution in [-0.2, 0) is 14.2 Å². The zero-order chi connectivity index (χ0) is 20.9. The van der Waals surface area contributed by atoms with Crippen LogP contribution in [0.15, 0.2) is 18.5 Å². The predicted molar refractivity (Wildman–Crippen MR) is 107 cm³/mol. The summed E-state index contributed by atoms with van der Waals surface area (Å²) in [6.45, 7) is 3.66. The van der Waals surface area contributed by atoms with Crippen molar-refractivity contribution in [1.82, 2.24) is 19.5 Å². The average molecular weight is 417 g/mol. The molecule has 5 rings (SSSR count). The number of ether oxygens (including phenoxy) is 4. The Morgan fingerprint density at radius 2 is 2.03 bits per heavy atom. The Morgan fingerprint density at radius 1 is 1.27 bits per heavy atom. The Bertz CT molecular complexity index is 954. The number of rotatable bonds is 5. The van der Waals surface area contributed by atoms with Crippen molar-refractivity contribution in [3.63, 3.8) is 0 Å². The molecule has 0 bridgehead atoms. The minimum absolute atomic E-state index is 0.0776. The number of aliphatic hydroxyl groups excluding tert-OH is 1. The third kappa shape index (κ3) is 3.43. The fourth-order valence-corrected chi connectivity index (χ4v) is 4.49. The molecule has 0 radical (unpaired) electrons. The van der Waals surface area contributed by atoms with Crippen LogP contribution in [0.2, 0.25) is 0 Å². The van der Waals surface area contributed by atoms with E-state index in [0.29, 0.717) is 11.2 Å². The number of nitrogen functional groups attached to an aromatic ring is 1. The van der Waals surface area contributed by atoms with Gasteiger partial charge in [0.15, 0.2) is 29.0 Å². The summed E-state index contributed by atoms with van der Waals surface area (Å²) < 4.78 is 26.2. The lowest BCUT2D eigenvalue weighted by Crippen LogP contribution is -2.28. The van der Waals surface area contributed by atoms with Crippen LogP contribution in [0.25, 0.3) is 11.2 Å². The first-order valence-corrected chi connectivity index (χ1v) is 10.4. The Hall–Kier alpha value is -2.27. The molecule has 0 spiro atoms. The van der Waals surface area contributed by atoms with Crippen molar-refractivity contribution in [2.24, 2.45) is 0 Å². The zero-order valence-corrected chi connectivity index (χ0v) is 17.1. The summed E-state index contributed by atoms with van der Waals surface area (Å²) in [6, 6.07) is 0.254. The van der Waals surface area contributed by atoms with Crippen molar-refractivity contribution in [3.8, 4) is 6.01 Å². The standard InChI is InChI=1S/C20H27N5O5/c1-20(2)29-14-12(8-5-9-26)28-18(15(14)30-20)25-10-22-13-16(21)23-19(24-17(13)25)27-11-6-3-4-7-11/h5,8,10-12,14-15,18,26H,3-4,6-7,9H2,1-2H3,(H2,21,23,24)/b8-5-/t12-,14-,15-,18-/m1/s1. The third-order valence-corrected chi connectivity index (χ3v) is 5.77. The Balaban J connectivity index is 1.50. The highest BCUT2D eigenvalue weighted by atomic mass is 16.8. The van der Waals surface area contributed by atoms with Crippen LogP contribution in [0.4, 0.5) is 5.82 Å². The minimum atomic E-state index is -0.746. The van der Waals surface area contributed by atoms with Gasteiger partial charge in [-0.05, 0) is 39.5 Å². The smallest absolute Gasteiger partial charge is 0.320 e. The number of aromatic nitrogens is 4. The molecule has 3 aliphatic rings. The van der Waals surface area contributed by atoms with E-state index in [9.17, 15) is 0 Å². The van der Waals surface area contributed by atoms with E-state index in [0.717, 1.165) is 25.7 Å². The van der Waals surface area contributed by atoms with Crippen LogP contribution in [0.3, 0.4) is 0 Å². The van der Waals surface area contributed by atoms with Crippen molar-refractivity contribution < 1.29 is 24.1 Å². The van der Waals surface area contributed by atoms with E-state index >= 15 is 0 Å². The normalized spacial score (nSPS) is 31.2. The SMILES string of the molecule is CC1(C)O[C@@H]2[C@H](O1)[C@@H](/C=C\CO)O[C@H]2n1cnc2c(N)nc(OC3CCCC3)nc21. The highest BCUT2D eigenvalue weighted by molar-refractivity contribution is 5.82. The molecular formula is C20H27N5O5. The monoisotopic (exact) mass is 417 g/mol. The topological polar surface area (TPSA) is 127 Å². The molecule has 1 saturated carbocycles. The molecule has 4 atom stereocenters. The van der Waals surface area contributed by atoms with E-state index in [1.165, 1.54) is 0 Å². The number of imidazole rings is 1. The highest BCUT2D eigenvalue weighted by Gasteiger charge is 2.55. The van der Waals surface area contributed by atoms with Gasteiger partial charge in [0.1, 0.15) is 24.4 Å². The fraction of sp³-hybridized carbons (Fsp3) is 0.650. The number of nitrogens with zero attached hydrogens (tertiary/aromatic N) is 4. The molecule has 4 heterocycles. The minimum Gasteiger partial charge on any atom is -0.460 e. The van der Waals surface area contributed by atoms with Gasteiger partial charge >= 0.3 is 6.01 Å². The van der Waals surface area contributed by atoms with Crippen LogP contribution in [0, 0.1) is 0 Å². The molecule has 3 N–H and O–H groups in total. The number of aliphatic hydroxyl groups is 1. The van der Waals surface area contributed by atoms with Crippen LogP contribution in [-0.4, -0.2) is 61.4 Å². The number of hydrogen-bond donors (Lipinski definition) is 2. The molecule has 2 aromatic heterocycles. The van der Waals surface area contributed by atoms with Gasteiger partial charge in [0.05, 0.1) is 12.9 Å². The molecule has 0 unspecified atom stereocenters. The summed E-state index contributed by atoms with van der Waals surface area (Å²) in [4.78, 5) is 13.3. The van der Waals surface area contributed by atoms with Gasteiger partial charge in [-0.1, -0.05) is 12.2 Å². The van der Waals surface area contributed by atoms with Crippen molar-refractivity contribution in [2.45, 2.75) is 76.0 Å². The second-order valence-corrected chi connectivity index (χ2v) is 8.41. The number of fused-ring (bicyclic) bond motifs is 2. The maximum absolute atomic E-state index is 9.16. The van der Waals surface area contributed by atoms with Crippen LogP contribution in [0.1, 0.15) is 45.8 Å². The lowest BCUT2D eigenvalue weighted by atomic mass is 10.1. The van der Waals surface area contributed by atoms with Crippen LogP contribution < -0.4 is 10.5 Å². The molecular weight excluding hydrogens is 390 g/mol. The lowest BCUT2D eigenvalue weighted by molar-refractivity contribution is -0.191. The van der Waals surface area contributed by atoms with Crippen LogP contribution in [0.5, 0.6) is 6.01 Å². The summed E-state index contributed by atoms with van der Waals surface area (Å²) in [5.41, 5.74) is 7.16. The van der Waals surface area contributed by atoms with E-state index in [-0.39, 0.29) is 42.9 Å². The quantitative estimate of drug-likeness (QED) is 0.699. The molecule has 162 valence electrons. The fourth-order valence-electron chi connectivity index (χ4n) is 4.49. The van der Waals surface area contributed by atoms with E-state index in [4.69, 9.17) is 29.8 Å². The van der Waals surface area contributed by atoms with E-state index in [2.05, 4.69) is 15.0 Å². The molecule has 0 amide bonds. The number of nitrogens with two attached hydrogens (primary N) is 1. The Kier molecular flexibility index (Phi) is 4.89. The maximum Gasteiger partial charge on any atom is 0.320 e. The first-order chi connectivity index (χ1) is 14.4. The van der Waals surface area contributed by atoms with Gasteiger partial charge in [0.25, 0.3) is 0 Å². The largest absolute Gasteiger partial charge is 0.460 e. The Morgan fingerprint density at radius 3 is 2.80 bits per heavy atom. The average Bonchev–Trinajstić information content (AvgIpc) is 3.45. The van der Waals surface area contributed by atoms with E-state index < -0.39 is 12.0 Å². The highest BCUT2D eigenvalue weighted by Crippen LogP contribution is 2.44.